The Hall–Kier alpha value is -2.63. The summed E-state index contributed by atoms with van der Waals surface area (Å²) in [6.07, 6.45) is 0. The Bertz CT molecular complexity index is 806. The van der Waals surface area contributed by atoms with Crippen molar-refractivity contribution in [2.75, 3.05) is 7.05 Å². The zero-order valence-corrected chi connectivity index (χ0v) is 11.7. The van der Waals surface area contributed by atoms with Gasteiger partial charge in [-0.25, -0.2) is 4.39 Å². The van der Waals surface area contributed by atoms with Gasteiger partial charge in [-0.15, -0.1) is 0 Å². The number of nitrogens with one attached hydrogen (secondary N) is 1. The first-order valence-corrected chi connectivity index (χ1v) is 6.49. The molecule has 0 spiro atoms. The lowest BCUT2D eigenvalue weighted by Gasteiger charge is -2.14. The van der Waals surface area contributed by atoms with Crippen LogP contribution in [-0.4, -0.2) is 28.0 Å². The third-order valence-corrected chi connectivity index (χ3v) is 3.24. The molecule has 0 atom stereocenters. The minimum Gasteiger partial charge on any atom is -0.361 e. The van der Waals surface area contributed by atoms with Crippen molar-refractivity contribution in [2.45, 2.75) is 13.5 Å². The van der Waals surface area contributed by atoms with E-state index in [2.05, 4.69) is 10.1 Å². The van der Waals surface area contributed by atoms with Gasteiger partial charge in [-0.3, -0.25) is 4.79 Å². The molecule has 1 amide bonds. The van der Waals surface area contributed by atoms with Crippen LogP contribution >= 0.6 is 0 Å². The number of rotatable bonds is 3. The molecule has 3 rings (SSSR count). The number of carbonyl (C=O) groups excluding carboxylic acids is 1. The van der Waals surface area contributed by atoms with Gasteiger partial charge in [-0.05, 0) is 31.2 Å². The van der Waals surface area contributed by atoms with Crippen LogP contribution in [0.15, 0.2) is 34.9 Å². The van der Waals surface area contributed by atoms with Gasteiger partial charge in [0, 0.05) is 24.0 Å². The number of aryl methyl sites for hydroxylation is 1. The number of H-pyrrole nitrogens is 1. The first-order chi connectivity index (χ1) is 10.0. The normalized spacial score (nSPS) is 11.0. The third-order valence-electron chi connectivity index (χ3n) is 3.24. The highest BCUT2D eigenvalue weighted by molar-refractivity contribution is 5.97. The van der Waals surface area contributed by atoms with E-state index in [1.807, 2.05) is 0 Å². The fourth-order valence-corrected chi connectivity index (χ4v) is 2.23. The molecule has 1 N–H and O–H groups in total. The molecular weight excluding hydrogens is 273 g/mol. The van der Waals surface area contributed by atoms with Crippen LogP contribution in [0.4, 0.5) is 4.39 Å². The molecule has 3 aromatic rings. The molecule has 2 aromatic heterocycles. The molecule has 0 fully saturated rings. The number of amides is 1. The number of halogens is 1. The highest BCUT2D eigenvalue weighted by atomic mass is 19.1. The Kier molecular flexibility index (Phi) is 3.21. The van der Waals surface area contributed by atoms with Gasteiger partial charge in [0.1, 0.15) is 23.0 Å². The maximum Gasteiger partial charge on any atom is 0.270 e. The predicted octanol–water partition coefficient (Wildman–Crippen LogP) is 2.88. The zero-order chi connectivity index (χ0) is 15.0. The van der Waals surface area contributed by atoms with E-state index < -0.39 is 0 Å². The molecule has 0 aliphatic heterocycles. The van der Waals surface area contributed by atoms with Crippen LogP contribution in [0.25, 0.3) is 10.9 Å². The summed E-state index contributed by atoms with van der Waals surface area (Å²) in [7, 11) is 1.68. The van der Waals surface area contributed by atoms with Crippen LogP contribution in [-0.2, 0) is 6.54 Å². The minimum atomic E-state index is -0.327. The molecule has 108 valence electrons. The van der Waals surface area contributed by atoms with Crippen molar-refractivity contribution < 1.29 is 13.7 Å². The zero-order valence-electron chi connectivity index (χ0n) is 11.7. The maximum atomic E-state index is 13.2. The smallest absolute Gasteiger partial charge is 0.270 e. The number of hydrogen-bond donors (Lipinski definition) is 1. The number of benzene rings is 1. The summed E-state index contributed by atoms with van der Waals surface area (Å²) in [5, 5.41) is 4.53. The van der Waals surface area contributed by atoms with E-state index in [-0.39, 0.29) is 11.7 Å². The fraction of sp³-hybridized carbons (Fsp3) is 0.200. The number of aromatic amines is 1. The quantitative estimate of drug-likeness (QED) is 0.805. The molecular formula is C15H14FN3O2. The van der Waals surface area contributed by atoms with E-state index in [1.54, 1.807) is 32.2 Å². The molecule has 0 saturated carbocycles. The maximum absolute atomic E-state index is 13.2. The summed E-state index contributed by atoms with van der Waals surface area (Å²) >= 11 is 0. The summed E-state index contributed by atoms with van der Waals surface area (Å²) in [5.74, 6) is 0.186. The van der Waals surface area contributed by atoms with Gasteiger partial charge in [0.15, 0.2) is 0 Å². The Morgan fingerprint density at radius 1 is 1.38 bits per heavy atom. The Morgan fingerprint density at radius 2 is 2.19 bits per heavy atom. The van der Waals surface area contributed by atoms with Crippen molar-refractivity contribution in [1.29, 1.82) is 0 Å². The molecule has 0 unspecified atom stereocenters. The summed E-state index contributed by atoms with van der Waals surface area (Å²) in [5.41, 5.74) is 1.83. The lowest BCUT2D eigenvalue weighted by molar-refractivity contribution is 0.0777. The average molecular weight is 287 g/mol. The van der Waals surface area contributed by atoms with Gasteiger partial charge >= 0.3 is 0 Å². The van der Waals surface area contributed by atoms with Crippen LogP contribution in [0.5, 0.6) is 0 Å². The minimum absolute atomic E-state index is 0.188. The molecule has 6 heteroatoms. The molecule has 0 bridgehead atoms. The van der Waals surface area contributed by atoms with Crippen molar-refractivity contribution in [3.63, 3.8) is 0 Å². The molecule has 0 aliphatic rings. The SMILES string of the molecule is Cc1cc(CN(C)C(=O)c2cc3cc(F)ccc3[nH]2)no1. The molecule has 0 radical (unpaired) electrons. The van der Waals surface area contributed by atoms with Crippen LogP contribution in [0.2, 0.25) is 0 Å². The average Bonchev–Trinajstić information content (AvgIpc) is 3.03. The van der Waals surface area contributed by atoms with E-state index in [4.69, 9.17) is 4.52 Å². The van der Waals surface area contributed by atoms with Crippen molar-refractivity contribution in [1.82, 2.24) is 15.0 Å². The van der Waals surface area contributed by atoms with Crippen LogP contribution < -0.4 is 0 Å². The second-order valence-corrected chi connectivity index (χ2v) is 5.00. The molecule has 21 heavy (non-hydrogen) atoms. The first kappa shape index (κ1) is 13.4. The van der Waals surface area contributed by atoms with Gasteiger partial charge < -0.3 is 14.4 Å². The summed E-state index contributed by atoms with van der Waals surface area (Å²) < 4.78 is 18.1. The lowest BCUT2D eigenvalue weighted by atomic mass is 10.2. The standard InChI is InChI=1S/C15H14FN3O2/c1-9-5-12(18-21-9)8-19(2)15(20)14-7-10-6-11(16)3-4-13(10)17-14/h3-7,17H,8H2,1-2H3. The van der Waals surface area contributed by atoms with Gasteiger partial charge in [0.25, 0.3) is 5.91 Å². The van der Waals surface area contributed by atoms with Crippen molar-refractivity contribution >= 4 is 16.8 Å². The number of hydrogen-bond acceptors (Lipinski definition) is 3. The Balaban J connectivity index is 1.82. The van der Waals surface area contributed by atoms with Crippen LogP contribution in [0.1, 0.15) is 21.9 Å². The highest BCUT2D eigenvalue weighted by Crippen LogP contribution is 2.18. The van der Waals surface area contributed by atoms with Gasteiger partial charge in [0.05, 0.1) is 6.54 Å². The van der Waals surface area contributed by atoms with Crippen molar-refractivity contribution in [2.24, 2.45) is 0 Å². The van der Waals surface area contributed by atoms with E-state index in [1.165, 1.54) is 17.0 Å². The molecule has 5 nitrogen and oxygen atoms in total. The summed E-state index contributed by atoms with van der Waals surface area (Å²) in [4.78, 5) is 16.9. The monoisotopic (exact) mass is 287 g/mol. The van der Waals surface area contributed by atoms with Gasteiger partial charge in [-0.2, -0.15) is 0 Å². The molecule has 1 aromatic carbocycles. The highest BCUT2D eigenvalue weighted by Gasteiger charge is 2.16. The second kappa shape index (κ2) is 5.05. The topological polar surface area (TPSA) is 62.1 Å². The predicted molar refractivity (Wildman–Crippen MR) is 75.3 cm³/mol. The number of nitrogens with zero attached hydrogens (tertiary/aromatic N) is 2. The first-order valence-electron chi connectivity index (χ1n) is 6.49. The largest absolute Gasteiger partial charge is 0.361 e. The second-order valence-electron chi connectivity index (χ2n) is 5.00. The number of aromatic nitrogens is 2. The van der Waals surface area contributed by atoms with E-state index in [0.717, 1.165) is 5.52 Å². The van der Waals surface area contributed by atoms with E-state index in [0.29, 0.717) is 29.1 Å². The summed E-state index contributed by atoms with van der Waals surface area (Å²) in [6, 6.07) is 7.79. The molecule has 0 aliphatic carbocycles. The summed E-state index contributed by atoms with van der Waals surface area (Å²) in [6.45, 7) is 2.14. The van der Waals surface area contributed by atoms with Gasteiger partial charge in [-0.1, -0.05) is 5.16 Å². The van der Waals surface area contributed by atoms with Crippen molar-refractivity contribution in [3.05, 3.63) is 53.3 Å². The Morgan fingerprint density at radius 3 is 2.90 bits per heavy atom. The van der Waals surface area contributed by atoms with Crippen LogP contribution in [0.3, 0.4) is 0 Å². The fourth-order valence-electron chi connectivity index (χ4n) is 2.23. The third kappa shape index (κ3) is 2.65. The van der Waals surface area contributed by atoms with Crippen LogP contribution in [0, 0.1) is 12.7 Å². The van der Waals surface area contributed by atoms with Crippen molar-refractivity contribution in [3.8, 4) is 0 Å². The molecule has 2 heterocycles. The number of carbonyl (C=O) groups is 1. The number of fused-ring (bicyclic) bond motifs is 1. The molecule has 0 saturated heterocycles. The Labute approximate surface area is 120 Å². The lowest BCUT2D eigenvalue weighted by Crippen LogP contribution is -2.26. The van der Waals surface area contributed by atoms with E-state index in [9.17, 15) is 9.18 Å². The van der Waals surface area contributed by atoms with Gasteiger partial charge in [0.2, 0.25) is 0 Å². The van der Waals surface area contributed by atoms with E-state index >= 15 is 0 Å².